The molecule has 2 atom stereocenters. The molecule has 0 bridgehead atoms. The lowest BCUT2D eigenvalue weighted by Gasteiger charge is -2.11. The van der Waals surface area contributed by atoms with Gasteiger partial charge in [0.05, 0.1) is 5.41 Å². The molecule has 3 N–H and O–H groups in total. The van der Waals surface area contributed by atoms with Crippen LogP contribution in [-0.4, -0.2) is 17.6 Å². The van der Waals surface area contributed by atoms with Crippen molar-refractivity contribution in [3.05, 3.63) is 35.9 Å². The molecule has 2 rings (SSSR count). The molecule has 1 unspecified atom stereocenters. The van der Waals surface area contributed by atoms with E-state index in [0.717, 1.165) is 5.56 Å². The molecule has 0 aromatic heterocycles. The zero-order chi connectivity index (χ0) is 10.2. The van der Waals surface area contributed by atoms with Crippen LogP contribution in [0.5, 0.6) is 0 Å². The second kappa shape index (κ2) is 3.10. The maximum absolute atomic E-state index is 11.2. The van der Waals surface area contributed by atoms with E-state index < -0.39 is 11.4 Å². The maximum Gasteiger partial charge on any atom is 0.314 e. The lowest BCUT2D eigenvalue weighted by atomic mass is 9.93. The number of benzene rings is 1. The topological polar surface area (TPSA) is 63.3 Å². The highest BCUT2D eigenvalue weighted by Crippen LogP contribution is 2.53. The molecule has 1 fully saturated rings. The number of rotatable bonds is 3. The summed E-state index contributed by atoms with van der Waals surface area (Å²) in [6.45, 7) is 0.446. The van der Waals surface area contributed by atoms with Crippen LogP contribution in [0.2, 0.25) is 0 Å². The lowest BCUT2D eigenvalue weighted by Crippen LogP contribution is -2.25. The van der Waals surface area contributed by atoms with Gasteiger partial charge in [-0.25, -0.2) is 0 Å². The van der Waals surface area contributed by atoms with E-state index in [9.17, 15) is 9.90 Å². The molecule has 14 heavy (non-hydrogen) atoms. The van der Waals surface area contributed by atoms with Crippen LogP contribution < -0.4 is 5.73 Å². The van der Waals surface area contributed by atoms with Crippen molar-refractivity contribution >= 4 is 5.97 Å². The lowest BCUT2D eigenvalue weighted by molar-refractivity contribution is -0.140. The zero-order valence-electron chi connectivity index (χ0n) is 7.81. The van der Waals surface area contributed by atoms with Gasteiger partial charge in [-0.1, -0.05) is 30.3 Å². The number of carboxylic acids is 1. The Labute approximate surface area is 82.5 Å². The predicted octanol–water partition coefficient (Wildman–Crippen LogP) is 0.988. The minimum atomic E-state index is -0.751. The molecular formula is C11H13NO2. The molecular weight excluding hydrogens is 178 g/mol. The number of nitrogens with two attached hydrogens (primary N) is 1. The van der Waals surface area contributed by atoms with Gasteiger partial charge in [0.1, 0.15) is 0 Å². The van der Waals surface area contributed by atoms with E-state index in [1.165, 1.54) is 0 Å². The van der Waals surface area contributed by atoms with Gasteiger partial charge in [-0.05, 0) is 24.4 Å². The van der Waals surface area contributed by atoms with Crippen LogP contribution >= 0.6 is 0 Å². The Bertz CT molecular complexity index is 350. The SMILES string of the molecule is NCC1C[C@@]1(C(=O)O)c1ccccc1. The first-order valence-corrected chi connectivity index (χ1v) is 4.71. The minimum absolute atomic E-state index is 0.0994. The summed E-state index contributed by atoms with van der Waals surface area (Å²) in [6.07, 6.45) is 0.669. The van der Waals surface area contributed by atoms with Crippen molar-refractivity contribution in [1.29, 1.82) is 0 Å². The van der Waals surface area contributed by atoms with E-state index in [1.807, 2.05) is 30.3 Å². The second-order valence-electron chi connectivity index (χ2n) is 3.78. The molecule has 1 aromatic carbocycles. The van der Waals surface area contributed by atoms with Crippen molar-refractivity contribution in [3.63, 3.8) is 0 Å². The van der Waals surface area contributed by atoms with Crippen molar-refractivity contribution < 1.29 is 9.90 Å². The van der Waals surface area contributed by atoms with Gasteiger partial charge in [0.25, 0.3) is 0 Å². The Hall–Kier alpha value is -1.35. The summed E-state index contributed by atoms with van der Waals surface area (Å²) in [7, 11) is 0. The third kappa shape index (κ3) is 1.13. The average molecular weight is 191 g/mol. The molecule has 0 radical (unpaired) electrons. The van der Waals surface area contributed by atoms with Crippen molar-refractivity contribution in [1.82, 2.24) is 0 Å². The van der Waals surface area contributed by atoms with Gasteiger partial charge in [-0.3, -0.25) is 4.79 Å². The monoisotopic (exact) mass is 191 g/mol. The van der Waals surface area contributed by atoms with Crippen LogP contribution in [0, 0.1) is 5.92 Å². The van der Waals surface area contributed by atoms with Gasteiger partial charge in [0, 0.05) is 0 Å². The predicted molar refractivity (Wildman–Crippen MR) is 52.9 cm³/mol. The van der Waals surface area contributed by atoms with Gasteiger partial charge in [-0.2, -0.15) is 0 Å². The third-order valence-corrected chi connectivity index (χ3v) is 3.06. The first-order chi connectivity index (χ1) is 6.71. The second-order valence-corrected chi connectivity index (χ2v) is 3.78. The van der Waals surface area contributed by atoms with Crippen molar-refractivity contribution in [2.45, 2.75) is 11.8 Å². The smallest absolute Gasteiger partial charge is 0.314 e. The molecule has 3 nitrogen and oxygen atoms in total. The van der Waals surface area contributed by atoms with Gasteiger partial charge in [-0.15, -0.1) is 0 Å². The normalized spacial score (nSPS) is 29.9. The van der Waals surface area contributed by atoms with E-state index in [0.29, 0.717) is 13.0 Å². The molecule has 0 heterocycles. The van der Waals surface area contributed by atoms with Crippen LogP contribution in [0.15, 0.2) is 30.3 Å². The van der Waals surface area contributed by atoms with Gasteiger partial charge >= 0.3 is 5.97 Å². The average Bonchev–Trinajstić information content (AvgIpc) is 2.94. The van der Waals surface area contributed by atoms with Gasteiger partial charge in [0.15, 0.2) is 0 Å². The molecule has 0 saturated heterocycles. The largest absolute Gasteiger partial charge is 0.481 e. The summed E-state index contributed by atoms with van der Waals surface area (Å²) >= 11 is 0. The van der Waals surface area contributed by atoms with Crippen LogP contribution in [0.25, 0.3) is 0 Å². The molecule has 0 spiro atoms. The van der Waals surface area contributed by atoms with Crippen molar-refractivity contribution in [2.75, 3.05) is 6.54 Å². The fraction of sp³-hybridized carbons (Fsp3) is 0.364. The summed E-state index contributed by atoms with van der Waals surface area (Å²) in [6, 6.07) is 9.35. The van der Waals surface area contributed by atoms with Crippen molar-refractivity contribution in [3.8, 4) is 0 Å². The summed E-state index contributed by atoms with van der Waals surface area (Å²) in [5.41, 5.74) is 5.70. The van der Waals surface area contributed by atoms with Crippen LogP contribution in [0.1, 0.15) is 12.0 Å². The first kappa shape index (κ1) is 9.21. The molecule has 0 aliphatic heterocycles. The van der Waals surface area contributed by atoms with Gasteiger partial charge in [0.2, 0.25) is 0 Å². The van der Waals surface area contributed by atoms with Crippen molar-refractivity contribution in [2.24, 2.45) is 11.7 Å². The van der Waals surface area contributed by atoms with Crippen LogP contribution in [0.4, 0.5) is 0 Å². The number of hydrogen-bond acceptors (Lipinski definition) is 2. The fourth-order valence-electron chi connectivity index (χ4n) is 2.09. The molecule has 74 valence electrons. The Balaban J connectivity index is 2.36. The molecule has 1 aromatic rings. The number of carboxylic acid groups (broad SMARTS) is 1. The zero-order valence-corrected chi connectivity index (χ0v) is 7.81. The summed E-state index contributed by atoms with van der Waals surface area (Å²) in [5.74, 6) is -0.651. The van der Waals surface area contributed by atoms with Crippen LogP contribution in [-0.2, 0) is 10.2 Å². The summed E-state index contributed by atoms with van der Waals surface area (Å²) in [4.78, 5) is 11.2. The Kier molecular flexibility index (Phi) is 2.04. The number of hydrogen-bond donors (Lipinski definition) is 2. The molecule has 1 aliphatic carbocycles. The highest BCUT2D eigenvalue weighted by atomic mass is 16.4. The van der Waals surface area contributed by atoms with Crippen LogP contribution in [0.3, 0.4) is 0 Å². The minimum Gasteiger partial charge on any atom is -0.481 e. The highest BCUT2D eigenvalue weighted by molar-refractivity contribution is 5.85. The number of carbonyl (C=O) groups is 1. The molecule has 0 amide bonds. The third-order valence-electron chi connectivity index (χ3n) is 3.06. The van der Waals surface area contributed by atoms with E-state index in [-0.39, 0.29) is 5.92 Å². The van der Waals surface area contributed by atoms with E-state index >= 15 is 0 Å². The Morgan fingerprint density at radius 2 is 2.14 bits per heavy atom. The van der Waals surface area contributed by atoms with E-state index in [1.54, 1.807) is 0 Å². The fourth-order valence-corrected chi connectivity index (χ4v) is 2.09. The first-order valence-electron chi connectivity index (χ1n) is 4.71. The number of aliphatic carboxylic acids is 1. The molecule has 1 aliphatic rings. The summed E-state index contributed by atoms with van der Waals surface area (Å²) < 4.78 is 0. The van der Waals surface area contributed by atoms with E-state index in [2.05, 4.69) is 0 Å². The van der Waals surface area contributed by atoms with E-state index in [4.69, 9.17) is 5.73 Å². The Morgan fingerprint density at radius 3 is 2.57 bits per heavy atom. The standard InChI is InChI=1S/C11H13NO2/c12-7-9-6-11(9,10(13)14)8-4-2-1-3-5-8/h1-5,9H,6-7,12H2,(H,13,14)/t9?,11-/m1/s1. The highest BCUT2D eigenvalue weighted by Gasteiger charge is 2.60. The Morgan fingerprint density at radius 1 is 1.50 bits per heavy atom. The van der Waals surface area contributed by atoms with Gasteiger partial charge < -0.3 is 10.8 Å². The summed E-state index contributed by atoms with van der Waals surface area (Å²) in [5, 5.41) is 9.20. The quantitative estimate of drug-likeness (QED) is 0.748. The molecule has 1 saturated carbocycles. The maximum atomic E-state index is 11.2. The molecule has 3 heteroatoms.